The van der Waals surface area contributed by atoms with Gasteiger partial charge in [-0.3, -0.25) is 9.69 Å². The summed E-state index contributed by atoms with van der Waals surface area (Å²) < 4.78 is 12.9. The third-order valence-corrected chi connectivity index (χ3v) is 2.95. The van der Waals surface area contributed by atoms with E-state index in [1.165, 1.54) is 12.1 Å². The van der Waals surface area contributed by atoms with Gasteiger partial charge < -0.3 is 16.2 Å². The van der Waals surface area contributed by atoms with Gasteiger partial charge in [-0.05, 0) is 46.0 Å². The Labute approximate surface area is 118 Å². The number of carbonyl (C=O) groups is 1. The van der Waals surface area contributed by atoms with E-state index >= 15 is 0 Å². The predicted molar refractivity (Wildman–Crippen MR) is 77.8 cm³/mol. The van der Waals surface area contributed by atoms with Gasteiger partial charge in [0.05, 0.1) is 23.0 Å². The molecule has 0 saturated carbocycles. The molecule has 0 radical (unpaired) electrons. The van der Waals surface area contributed by atoms with Crippen LogP contribution < -0.4 is 11.1 Å². The van der Waals surface area contributed by atoms with Crippen molar-refractivity contribution in [1.82, 2.24) is 4.90 Å². The second kappa shape index (κ2) is 6.19. The van der Waals surface area contributed by atoms with Crippen LogP contribution in [0.15, 0.2) is 18.2 Å². The quantitative estimate of drug-likeness (QED) is 0.714. The summed E-state index contributed by atoms with van der Waals surface area (Å²) in [7, 11) is 1.75. The zero-order valence-electron chi connectivity index (χ0n) is 12.3. The highest BCUT2D eigenvalue weighted by atomic mass is 19.1. The Kier molecular flexibility index (Phi) is 5.08. The number of halogens is 1. The van der Waals surface area contributed by atoms with Crippen LogP contribution in [0.3, 0.4) is 0 Å². The number of nitrogens with two attached hydrogens (primary N) is 1. The molecular formula is C14H22FN3O2. The van der Waals surface area contributed by atoms with Gasteiger partial charge in [-0.15, -0.1) is 0 Å². The molecule has 0 saturated heterocycles. The summed E-state index contributed by atoms with van der Waals surface area (Å²) in [5.74, 6) is -0.720. The van der Waals surface area contributed by atoms with Crippen molar-refractivity contribution >= 4 is 17.3 Å². The van der Waals surface area contributed by atoms with Crippen LogP contribution in [0.25, 0.3) is 0 Å². The molecule has 4 N–H and O–H groups in total. The standard InChI is InChI=1S/C14H22FN3O2/c1-9(18(4)8-14(2,3)20)13(19)17-12-6-5-10(15)7-11(12)16/h5-7,9,20H,8,16H2,1-4H3,(H,17,19). The Bertz CT molecular complexity index is 486. The zero-order valence-corrected chi connectivity index (χ0v) is 12.3. The maximum atomic E-state index is 12.9. The number of hydrogen-bond donors (Lipinski definition) is 3. The number of nitrogens with one attached hydrogen (secondary N) is 1. The van der Waals surface area contributed by atoms with E-state index in [1.54, 1.807) is 32.7 Å². The average molecular weight is 283 g/mol. The molecule has 0 aromatic heterocycles. The monoisotopic (exact) mass is 283 g/mol. The number of likely N-dealkylation sites (N-methyl/N-ethyl adjacent to an activating group) is 1. The number of aliphatic hydroxyl groups is 1. The maximum Gasteiger partial charge on any atom is 0.241 e. The van der Waals surface area contributed by atoms with Crippen LogP contribution in [0.1, 0.15) is 20.8 Å². The highest BCUT2D eigenvalue weighted by Gasteiger charge is 2.24. The summed E-state index contributed by atoms with van der Waals surface area (Å²) >= 11 is 0. The van der Waals surface area contributed by atoms with Crippen molar-refractivity contribution in [3.05, 3.63) is 24.0 Å². The van der Waals surface area contributed by atoms with Crippen molar-refractivity contribution in [2.45, 2.75) is 32.4 Å². The Hall–Kier alpha value is -1.66. The molecule has 0 aliphatic heterocycles. The fourth-order valence-corrected chi connectivity index (χ4v) is 1.83. The lowest BCUT2D eigenvalue weighted by Gasteiger charge is -2.29. The third kappa shape index (κ3) is 4.79. The fourth-order valence-electron chi connectivity index (χ4n) is 1.83. The van der Waals surface area contributed by atoms with Crippen LogP contribution in [0.4, 0.5) is 15.8 Å². The minimum Gasteiger partial charge on any atom is -0.397 e. The van der Waals surface area contributed by atoms with Gasteiger partial charge in [0, 0.05) is 6.54 Å². The molecule has 1 unspecified atom stereocenters. The number of benzene rings is 1. The Morgan fingerprint density at radius 2 is 2.15 bits per heavy atom. The molecule has 1 atom stereocenters. The van der Waals surface area contributed by atoms with Gasteiger partial charge in [0.2, 0.25) is 5.91 Å². The molecule has 5 nitrogen and oxygen atoms in total. The molecule has 1 amide bonds. The molecule has 6 heteroatoms. The van der Waals surface area contributed by atoms with E-state index in [-0.39, 0.29) is 11.6 Å². The first-order valence-electron chi connectivity index (χ1n) is 6.38. The smallest absolute Gasteiger partial charge is 0.241 e. The third-order valence-electron chi connectivity index (χ3n) is 2.95. The second-order valence-electron chi connectivity index (χ2n) is 5.62. The normalized spacial score (nSPS) is 13.3. The van der Waals surface area contributed by atoms with Gasteiger partial charge in [0.1, 0.15) is 5.82 Å². The van der Waals surface area contributed by atoms with Crippen molar-refractivity contribution in [2.24, 2.45) is 0 Å². The summed E-state index contributed by atoms with van der Waals surface area (Å²) in [6, 6.07) is 3.36. The van der Waals surface area contributed by atoms with E-state index < -0.39 is 17.5 Å². The molecule has 0 fully saturated rings. The lowest BCUT2D eigenvalue weighted by Crippen LogP contribution is -2.46. The molecule has 112 valence electrons. The summed E-state index contributed by atoms with van der Waals surface area (Å²) in [4.78, 5) is 13.8. The highest BCUT2D eigenvalue weighted by Crippen LogP contribution is 2.19. The predicted octanol–water partition coefficient (Wildman–Crippen LogP) is 1.44. The van der Waals surface area contributed by atoms with Gasteiger partial charge in [-0.2, -0.15) is 0 Å². The number of anilines is 2. The maximum absolute atomic E-state index is 12.9. The number of carbonyl (C=O) groups excluding carboxylic acids is 1. The van der Waals surface area contributed by atoms with E-state index in [2.05, 4.69) is 5.32 Å². The Balaban J connectivity index is 2.70. The number of rotatable bonds is 5. The van der Waals surface area contributed by atoms with E-state index in [9.17, 15) is 14.3 Å². The number of nitrogens with zero attached hydrogens (tertiary/aromatic N) is 1. The molecule has 0 bridgehead atoms. The average Bonchev–Trinajstić information content (AvgIpc) is 2.29. The molecule has 0 aliphatic carbocycles. The summed E-state index contributed by atoms with van der Waals surface area (Å²) in [5.41, 5.74) is 5.30. The minimum atomic E-state index is -0.891. The van der Waals surface area contributed by atoms with E-state index in [4.69, 9.17) is 5.73 Å². The summed E-state index contributed by atoms with van der Waals surface area (Å²) in [6.07, 6.45) is 0. The van der Waals surface area contributed by atoms with Crippen LogP contribution >= 0.6 is 0 Å². The van der Waals surface area contributed by atoms with Gasteiger partial charge in [-0.1, -0.05) is 0 Å². The topological polar surface area (TPSA) is 78.6 Å². The molecule has 0 spiro atoms. The first-order valence-corrected chi connectivity index (χ1v) is 6.38. The lowest BCUT2D eigenvalue weighted by molar-refractivity contribution is -0.121. The number of nitrogen functional groups attached to an aromatic ring is 1. The van der Waals surface area contributed by atoms with Crippen LogP contribution in [-0.2, 0) is 4.79 Å². The minimum absolute atomic E-state index is 0.177. The molecule has 0 aliphatic rings. The van der Waals surface area contributed by atoms with Gasteiger partial charge in [0.25, 0.3) is 0 Å². The Morgan fingerprint density at radius 1 is 1.55 bits per heavy atom. The van der Waals surface area contributed by atoms with E-state index in [0.717, 1.165) is 6.07 Å². The van der Waals surface area contributed by atoms with E-state index in [0.29, 0.717) is 12.2 Å². The molecule has 0 heterocycles. The van der Waals surface area contributed by atoms with Crippen molar-refractivity contribution < 1.29 is 14.3 Å². The first kappa shape index (κ1) is 16.4. The van der Waals surface area contributed by atoms with Crippen molar-refractivity contribution in [3.8, 4) is 0 Å². The van der Waals surface area contributed by atoms with Crippen LogP contribution in [0.5, 0.6) is 0 Å². The van der Waals surface area contributed by atoms with E-state index in [1.807, 2.05) is 0 Å². The number of hydrogen-bond acceptors (Lipinski definition) is 4. The van der Waals surface area contributed by atoms with Gasteiger partial charge >= 0.3 is 0 Å². The summed E-state index contributed by atoms with van der Waals surface area (Å²) in [5, 5.41) is 12.4. The molecule has 1 aromatic rings. The van der Waals surface area contributed by atoms with Gasteiger partial charge in [-0.25, -0.2) is 4.39 Å². The fraction of sp³-hybridized carbons (Fsp3) is 0.500. The number of amides is 1. The zero-order chi connectivity index (χ0) is 15.5. The van der Waals surface area contributed by atoms with Crippen LogP contribution in [-0.4, -0.2) is 41.1 Å². The van der Waals surface area contributed by atoms with Crippen molar-refractivity contribution in [2.75, 3.05) is 24.6 Å². The SMILES string of the molecule is CC(C(=O)Nc1ccc(F)cc1N)N(C)CC(C)(C)O. The van der Waals surface area contributed by atoms with Crippen molar-refractivity contribution in [1.29, 1.82) is 0 Å². The van der Waals surface area contributed by atoms with Crippen LogP contribution in [0.2, 0.25) is 0 Å². The van der Waals surface area contributed by atoms with Gasteiger partial charge in [0.15, 0.2) is 0 Å². The second-order valence-corrected chi connectivity index (χ2v) is 5.62. The molecule has 1 rings (SSSR count). The van der Waals surface area contributed by atoms with Crippen LogP contribution in [0, 0.1) is 5.82 Å². The highest BCUT2D eigenvalue weighted by molar-refractivity contribution is 5.97. The molecular weight excluding hydrogens is 261 g/mol. The summed E-state index contributed by atoms with van der Waals surface area (Å²) in [6.45, 7) is 5.42. The van der Waals surface area contributed by atoms with Crippen molar-refractivity contribution in [3.63, 3.8) is 0 Å². The first-order chi connectivity index (χ1) is 9.10. The lowest BCUT2D eigenvalue weighted by atomic mass is 10.1. The largest absolute Gasteiger partial charge is 0.397 e. The molecule has 1 aromatic carbocycles. The Morgan fingerprint density at radius 3 is 2.65 bits per heavy atom. The molecule has 20 heavy (non-hydrogen) atoms.